The molecule has 0 saturated heterocycles. The lowest BCUT2D eigenvalue weighted by Gasteiger charge is -2.10. The van der Waals surface area contributed by atoms with Gasteiger partial charge >= 0.3 is 17.1 Å². The first kappa shape index (κ1) is 13.1. The van der Waals surface area contributed by atoms with E-state index in [0.717, 1.165) is 4.57 Å². The van der Waals surface area contributed by atoms with Gasteiger partial charge in [0, 0.05) is 12.4 Å². The van der Waals surface area contributed by atoms with Crippen LogP contribution < -0.4 is 11.1 Å². The molecule has 0 bridgehead atoms. The molecule has 0 unspecified atom stereocenters. The Labute approximate surface area is 112 Å². The molecule has 19 heavy (non-hydrogen) atoms. The normalized spacial score (nSPS) is 10.2. The summed E-state index contributed by atoms with van der Waals surface area (Å²) in [5, 5.41) is 0.136. The molecular formula is C12H9ClN2O4. The van der Waals surface area contributed by atoms with Crippen LogP contribution in [0.1, 0.15) is 10.4 Å². The minimum absolute atomic E-state index is 0.0272. The number of nitrogens with zero attached hydrogens (tertiary/aromatic N) is 1. The van der Waals surface area contributed by atoms with Gasteiger partial charge in [-0.1, -0.05) is 17.7 Å². The largest absolute Gasteiger partial charge is 0.465 e. The molecule has 0 amide bonds. The highest BCUT2D eigenvalue weighted by atomic mass is 35.5. The van der Waals surface area contributed by atoms with E-state index in [1.165, 1.54) is 31.6 Å². The molecule has 2 rings (SSSR count). The van der Waals surface area contributed by atoms with E-state index in [4.69, 9.17) is 11.6 Å². The van der Waals surface area contributed by atoms with E-state index in [1.54, 1.807) is 6.07 Å². The molecule has 7 heteroatoms. The highest BCUT2D eigenvalue weighted by Crippen LogP contribution is 2.22. The molecule has 1 aromatic heterocycles. The Morgan fingerprint density at radius 2 is 2.11 bits per heavy atom. The van der Waals surface area contributed by atoms with Crippen LogP contribution in [0.2, 0.25) is 5.02 Å². The van der Waals surface area contributed by atoms with Gasteiger partial charge in [0.15, 0.2) is 0 Å². The molecule has 0 spiro atoms. The number of nitrogens with one attached hydrogen (secondary N) is 1. The summed E-state index contributed by atoms with van der Waals surface area (Å²) in [5.41, 5.74) is -1.39. The van der Waals surface area contributed by atoms with Crippen molar-refractivity contribution in [1.82, 2.24) is 9.55 Å². The number of H-pyrrole nitrogens is 1. The van der Waals surface area contributed by atoms with Crippen molar-refractivity contribution < 1.29 is 9.53 Å². The van der Waals surface area contributed by atoms with E-state index >= 15 is 0 Å². The number of hydrogen-bond acceptors (Lipinski definition) is 4. The fourth-order valence-electron chi connectivity index (χ4n) is 1.63. The number of ether oxygens (including phenoxy) is 1. The van der Waals surface area contributed by atoms with E-state index < -0.39 is 17.1 Å². The van der Waals surface area contributed by atoms with E-state index in [9.17, 15) is 14.4 Å². The molecule has 0 aliphatic carbocycles. The van der Waals surface area contributed by atoms with Gasteiger partial charge in [0.05, 0.1) is 17.8 Å². The molecule has 0 saturated carbocycles. The number of benzene rings is 1. The Kier molecular flexibility index (Phi) is 3.52. The van der Waals surface area contributed by atoms with Crippen LogP contribution in [0.15, 0.2) is 40.2 Å². The zero-order valence-corrected chi connectivity index (χ0v) is 10.6. The minimum Gasteiger partial charge on any atom is -0.465 e. The second-order valence-electron chi connectivity index (χ2n) is 3.59. The van der Waals surface area contributed by atoms with Gasteiger partial charge in [0.1, 0.15) is 5.56 Å². The zero-order chi connectivity index (χ0) is 14.0. The second kappa shape index (κ2) is 5.11. The van der Waals surface area contributed by atoms with Crippen LogP contribution in [-0.4, -0.2) is 22.6 Å². The van der Waals surface area contributed by atoms with Gasteiger partial charge in [0.2, 0.25) is 0 Å². The summed E-state index contributed by atoms with van der Waals surface area (Å²) in [6.07, 6.45) is 2.63. The summed E-state index contributed by atoms with van der Waals surface area (Å²) in [6.45, 7) is 0. The third-order valence-electron chi connectivity index (χ3n) is 2.49. The van der Waals surface area contributed by atoms with Crippen LogP contribution in [0.5, 0.6) is 0 Å². The first-order chi connectivity index (χ1) is 9.06. The topological polar surface area (TPSA) is 81.2 Å². The maximum absolute atomic E-state index is 11.8. The summed E-state index contributed by atoms with van der Waals surface area (Å²) < 4.78 is 5.66. The van der Waals surface area contributed by atoms with Gasteiger partial charge in [-0.05, 0) is 12.1 Å². The molecule has 1 aromatic carbocycles. The van der Waals surface area contributed by atoms with Gasteiger partial charge in [0.25, 0.3) is 0 Å². The van der Waals surface area contributed by atoms with E-state index in [0.29, 0.717) is 0 Å². The van der Waals surface area contributed by atoms with Gasteiger partial charge in [-0.3, -0.25) is 14.2 Å². The third kappa shape index (κ3) is 2.30. The number of aromatic nitrogens is 2. The monoisotopic (exact) mass is 280 g/mol. The average molecular weight is 281 g/mol. The highest BCUT2D eigenvalue weighted by Gasteiger charge is 2.18. The smallest absolute Gasteiger partial charge is 0.341 e. The fourth-order valence-corrected chi connectivity index (χ4v) is 1.88. The first-order valence-corrected chi connectivity index (χ1v) is 5.61. The Hall–Kier alpha value is -2.34. The summed E-state index contributed by atoms with van der Waals surface area (Å²) in [4.78, 5) is 37.0. The lowest BCUT2D eigenvalue weighted by atomic mass is 10.1. The number of carbonyl (C=O) groups excluding carboxylic acids is 1. The number of esters is 1. The van der Waals surface area contributed by atoms with E-state index in [-0.39, 0.29) is 16.3 Å². The number of hydrogen-bond donors (Lipinski definition) is 1. The number of carbonyl (C=O) groups is 1. The van der Waals surface area contributed by atoms with Crippen LogP contribution in [0.4, 0.5) is 0 Å². The van der Waals surface area contributed by atoms with Crippen molar-refractivity contribution in [3.63, 3.8) is 0 Å². The van der Waals surface area contributed by atoms with Crippen LogP contribution in [0, 0.1) is 0 Å². The number of methoxy groups -OCH3 is 1. The van der Waals surface area contributed by atoms with Gasteiger partial charge in [-0.25, -0.2) is 4.79 Å². The Morgan fingerprint density at radius 1 is 1.37 bits per heavy atom. The standard InChI is InChI=1S/C12H9ClN2O4/c1-19-12(18)9-7(13)3-2-4-8(9)15-6-5-14-10(16)11(15)17/h2-6H,1H3,(H,14,16). The second-order valence-corrected chi connectivity index (χ2v) is 4.00. The molecule has 0 aliphatic rings. The van der Waals surface area contributed by atoms with Crippen molar-refractivity contribution in [2.24, 2.45) is 0 Å². The zero-order valence-electron chi connectivity index (χ0n) is 9.84. The maximum atomic E-state index is 11.8. The van der Waals surface area contributed by atoms with Crippen LogP contribution in [0.25, 0.3) is 5.69 Å². The Morgan fingerprint density at radius 3 is 2.79 bits per heavy atom. The summed E-state index contributed by atoms with van der Waals surface area (Å²) in [7, 11) is 1.20. The van der Waals surface area contributed by atoms with Crippen molar-refractivity contribution in [2.75, 3.05) is 7.11 Å². The Bertz CT molecular complexity index is 748. The quantitative estimate of drug-likeness (QED) is 0.656. The molecule has 0 atom stereocenters. The van der Waals surface area contributed by atoms with E-state index in [2.05, 4.69) is 9.72 Å². The van der Waals surface area contributed by atoms with Crippen molar-refractivity contribution in [2.45, 2.75) is 0 Å². The summed E-state index contributed by atoms with van der Waals surface area (Å²) in [5.74, 6) is -0.687. The molecule has 6 nitrogen and oxygen atoms in total. The Balaban J connectivity index is 2.80. The molecule has 0 fully saturated rings. The number of aromatic amines is 1. The summed E-state index contributed by atoms with van der Waals surface area (Å²) in [6, 6.07) is 4.56. The van der Waals surface area contributed by atoms with Crippen molar-refractivity contribution in [3.05, 3.63) is 61.9 Å². The summed E-state index contributed by atoms with van der Waals surface area (Å²) >= 11 is 5.94. The first-order valence-electron chi connectivity index (χ1n) is 5.24. The minimum atomic E-state index is -0.810. The van der Waals surface area contributed by atoms with E-state index in [1.807, 2.05) is 0 Å². The van der Waals surface area contributed by atoms with Crippen molar-refractivity contribution >= 4 is 17.6 Å². The highest BCUT2D eigenvalue weighted by molar-refractivity contribution is 6.34. The lowest BCUT2D eigenvalue weighted by Crippen LogP contribution is -2.35. The van der Waals surface area contributed by atoms with Crippen LogP contribution >= 0.6 is 11.6 Å². The molecule has 1 heterocycles. The predicted octanol–water partition coefficient (Wildman–Crippen LogP) is 0.966. The molecule has 1 N–H and O–H groups in total. The number of halogens is 1. The van der Waals surface area contributed by atoms with Gasteiger partial charge < -0.3 is 9.72 Å². The van der Waals surface area contributed by atoms with Crippen molar-refractivity contribution in [1.29, 1.82) is 0 Å². The molecule has 2 aromatic rings. The fraction of sp³-hybridized carbons (Fsp3) is 0.0833. The van der Waals surface area contributed by atoms with Crippen molar-refractivity contribution in [3.8, 4) is 5.69 Å². The van der Waals surface area contributed by atoms with Gasteiger partial charge in [-0.15, -0.1) is 0 Å². The number of rotatable bonds is 2. The van der Waals surface area contributed by atoms with Gasteiger partial charge in [-0.2, -0.15) is 0 Å². The molecule has 0 radical (unpaired) electrons. The average Bonchev–Trinajstić information content (AvgIpc) is 2.41. The molecular weight excluding hydrogens is 272 g/mol. The maximum Gasteiger partial charge on any atom is 0.341 e. The third-order valence-corrected chi connectivity index (χ3v) is 2.81. The molecule has 0 aliphatic heterocycles. The predicted molar refractivity (Wildman–Crippen MR) is 69.0 cm³/mol. The van der Waals surface area contributed by atoms with Crippen LogP contribution in [-0.2, 0) is 4.74 Å². The lowest BCUT2D eigenvalue weighted by molar-refractivity contribution is 0.0601. The SMILES string of the molecule is COC(=O)c1c(Cl)cccc1-n1cc[nH]c(=O)c1=O. The molecule has 98 valence electrons. The van der Waals surface area contributed by atoms with Crippen LogP contribution in [0.3, 0.4) is 0 Å².